The number of nitrogens with two attached hydrogens (primary N) is 1. The molecule has 6 heteroatoms. The topological polar surface area (TPSA) is 60.2 Å². The van der Waals surface area contributed by atoms with Crippen LogP contribution in [0.15, 0.2) is 23.1 Å². The Kier molecular flexibility index (Phi) is 5.92. The Labute approximate surface area is 118 Å². The second-order valence-corrected chi connectivity index (χ2v) is 7.38. The van der Waals surface area contributed by atoms with Crippen molar-refractivity contribution in [2.75, 3.05) is 5.75 Å². The lowest BCUT2D eigenvalue weighted by molar-refractivity contribution is 0.580. The molecule has 2 N–H and O–H groups in total. The van der Waals surface area contributed by atoms with Gasteiger partial charge in [0, 0.05) is 16.1 Å². The molecule has 1 rings (SSSR count). The molecule has 18 heavy (non-hydrogen) atoms. The third-order valence-electron chi connectivity index (χ3n) is 2.52. The second kappa shape index (κ2) is 6.75. The lowest BCUT2D eigenvalue weighted by Crippen LogP contribution is -2.15. The van der Waals surface area contributed by atoms with E-state index in [-0.39, 0.29) is 16.7 Å². The maximum Gasteiger partial charge on any atom is 0.178 e. The molecule has 0 fully saturated rings. The summed E-state index contributed by atoms with van der Waals surface area (Å²) in [7, 11) is -3.31. The van der Waals surface area contributed by atoms with Crippen molar-refractivity contribution in [3.8, 4) is 0 Å². The van der Waals surface area contributed by atoms with Crippen molar-refractivity contribution in [3.63, 3.8) is 0 Å². The fraction of sp³-hybridized carbons (Fsp3) is 0.500. The molecule has 0 aliphatic heterocycles. The van der Waals surface area contributed by atoms with Crippen molar-refractivity contribution < 1.29 is 8.42 Å². The van der Waals surface area contributed by atoms with E-state index in [2.05, 4.69) is 0 Å². The number of hydrogen-bond donors (Lipinski definition) is 1. The van der Waals surface area contributed by atoms with Crippen LogP contribution < -0.4 is 5.73 Å². The van der Waals surface area contributed by atoms with E-state index in [9.17, 15) is 8.42 Å². The molecule has 0 aliphatic rings. The van der Waals surface area contributed by atoms with Gasteiger partial charge in [0.2, 0.25) is 0 Å². The van der Waals surface area contributed by atoms with Crippen molar-refractivity contribution in [1.29, 1.82) is 0 Å². The predicted molar refractivity (Wildman–Crippen MR) is 76.0 cm³/mol. The van der Waals surface area contributed by atoms with E-state index >= 15 is 0 Å². The molecule has 1 atom stereocenters. The van der Waals surface area contributed by atoms with E-state index in [0.717, 1.165) is 12.8 Å². The molecule has 0 aromatic heterocycles. The van der Waals surface area contributed by atoms with Gasteiger partial charge in [-0.2, -0.15) is 0 Å². The fourth-order valence-corrected chi connectivity index (χ4v) is 3.67. The van der Waals surface area contributed by atoms with Crippen molar-refractivity contribution in [3.05, 3.63) is 28.2 Å². The zero-order valence-electron chi connectivity index (χ0n) is 10.2. The molecule has 0 bridgehead atoms. The minimum Gasteiger partial charge on any atom is -0.328 e. The van der Waals surface area contributed by atoms with Crippen molar-refractivity contribution in [1.82, 2.24) is 0 Å². The first-order valence-electron chi connectivity index (χ1n) is 5.76. The molecular weight excluding hydrogens is 293 g/mol. The van der Waals surface area contributed by atoms with Crippen LogP contribution in [0.5, 0.6) is 0 Å². The van der Waals surface area contributed by atoms with Gasteiger partial charge in [-0.05, 0) is 38.0 Å². The molecule has 1 aromatic carbocycles. The van der Waals surface area contributed by atoms with Crippen LogP contribution in [0.4, 0.5) is 0 Å². The highest BCUT2D eigenvalue weighted by Crippen LogP contribution is 2.23. The highest BCUT2D eigenvalue weighted by Gasteiger charge is 2.15. The Hall–Kier alpha value is -0.290. The Morgan fingerprint density at radius 2 is 1.72 bits per heavy atom. The predicted octanol–water partition coefficient (Wildman–Crippen LogP) is 3.28. The standard InChI is InChI=1S/C12H17Cl2NO2S/c1-9(15)4-2-3-5-18(16,17)12-7-10(13)6-11(14)8-12/h6-9H,2-5,15H2,1H3. The van der Waals surface area contributed by atoms with Crippen LogP contribution in [-0.2, 0) is 9.84 Å². The van der Waals surface area contributed by atoms with E-state index in [1.54, 1.807) is 0 Å². The summed E-state index contributed by atoms with van der Waals surface area (Å²) in [4.78, 5) is 0.181. The van der Waals surface area contributed by atoms with Gasteiger partial charge in [-0.1, -0.05) is 29.6 Å². The minimum atomic E-state index is -3.31. The average molecular weight is 310 g/mol. The first-order chi connectivity index (χ1) is 8.31. The van der Waals surface area contributed by atoms with Gasteiger partial charge in [-0.25, -0.2) is 8.42 Å². The van der Waals surface area contributed by atoms with Crippen molar-refractivity contribution >= 4 is 33.0 Å². The molecule has 0 spiro atoms. The van der Waals surface area contributed by atoms with Gasteiger partial charge in [-0.3, -0.25) is 0 Å². The smallest absolute Gasteiger partial charge is 0.178 e. The zero-order chi connectivity index (χ0) is 13.8. The quantitative estimate of drug-likeness (QED) is 0.820. The van der Waals surface area contributed by atoms with Gasteiger partial charge in [0.25, 0.3) is 0 Å². The lowest BCUT2D eigenvalue weighted by Gasteiger charge is -2.07. The average Bonchev–Trinajstić information content (AvgIpc) is 2.23. The molecule has 0 radical (unpaired) electrons. The first kappa shape index (κ1) is 15.8. The molecule has 0 amide bonds. The Balaban J connectivity index is 2.68. The number of halogens is 2. The van der Waals surface area contributed by atoms with Crippen molar-refractivity contribution in [2.45, 2.75) is 37.1 Å². The number of rotatable bonds is 6. The maximum absolute atomic E-state index is 12.0. The third kappa shape index (κ3) is 5.14. The summed E-state index contributed by atoms with van der Waals surface area (Å²) in [5.74, 6) is 0.0936. The van der Waals surface area contributed by atoms with Crippen LogP contribution >= 0.6 is 23.2 Å². The van der Waals surface area contributed by atoms with Crippen molar-refractivity contribution in [2.24, 2.45) is 5.73 Å². The molecule has 0 heterocycles. The Morgan fingerprint density at radius 1 is 1.17 bits per heavy atom. The van der Waals surface area contributed by atoms with Gasteiger partial charge in [0.15, 0.2) is 9.84 Å². The SMILES string of the molecule is CC(N)CCCCS(=O)(=O)c1cc(Cl)cc(Cl)c1. The highest BCUT2D eigenvalue weighted by molar-refractivity contribution is 7.91. The maximum atomic E-state index is 12.0. The molecule has 1 unspecified atom stereocenters. The lowest BCUT2D eigenvalue weighted by atomic mass is 10.2. The van der Waals surface area contributed by atoms with Crippen LogP contribution in [0, 0.1) is 0 Å². The molecule has 102 valence electrons. The Bertz CT molecular complexity index is 481. The summed E-state index contributed by atoms with van der Waals surface area (Å²) < 4.78 is 24.1. The molecular formula is C12H17Cl2NO2S. The first-order valence-corrected chi connectivity index (χ1v) is 8.16. The normalized spacial score (nSPS) is 13.6. The van der Waals surface area contributed by atoms with Gasteiger partial charge >= 0.3 is 0 Å². The molecule has 0 aliphatic carbocycles. The Morgan fingerprint density at radius 3 is 2.22 bits per heavy atom. The summed E-state index contributed by atoms with van der Waals surface area (Å²) in [6.45, 7) is 1.91. The largest absolute Gasteiger partial charge is 0.328 e. The van der Waals surface area contributed by atoms with E-state index in [1.807, 2.05) is 6.92 Å². The molecule has 3 nitrogen and oxygen atoms in total. The summed E-state index contributed by atoms with van der Waals surface area (Å²) in [5.41, 5.74) is 5.61. The van der Waals surface area contributed by atoms with E-state index < -0.39 is 9.84 Å². The molecule has 0 saturated carbocycles. The van der Waals surface area contributed by atoms with Gasteiger partial charge < -0.3 is 5.73 Å². The molecule has 0 saturated heterocycles. The van der Waals surface area contributed by atoms with E-state index in [1.165, 1.54) is 18.2 Å². The molecule has 1 aromatic rings. The summed E-state index contributed by atoms with van der Waals surface area (Å²) in [5, 5.41) is 0.660. The monoisotopic (exact) mass is 309 g/mol. The zero-order valence-corrected chi connectivity index (χ0v) is 12.5. The van der Waals surface area contributed by atoms with E-state index in [0.29, 0.717) is 16.5 Å². The number of unbranched alkanes of at least 4 members (excludes halogenated alkanes) is 1. The van der Waals surface area contributed by atoms with Gasteiger partial charge in [0.1, 0.15) is 0 Å². The third-order valence-corrected chi connectivity index (χ3v) is 4.73. The number of sulfone groups is 1. The van der Waals surface area contributed by atoms with Gasteiger partial charge in [0.05, 0.1) is 10.6 Å². The summed E-state index contributed by atoms with van der Waals surface area (Å²) >= 11 is 11.6. The number of benzene rings is 1. The van der Waals surface area contributed by atoms with Crippen LogP contribution in [0.1, 0.15) is 26.2 Å². The highest BCUT2D eigenvalue weighted by atomic mass is 35.5. The van der Waals surface area contributed by atoms with Gasteiger partial charge in [-0.15, -0.1) is 0 Å². The fourth-order valence-electron chi connectivity index (χ4n) is 1.58. The van der Waals surface area contributed by atoms with Crippen LogP contribution in [0.3, 0.4) is 0 Å². The second-order valence-electron chi connectivity index (χ2n) is 4.40. The minimum absolute atomic E-state index is 0.0936. The summed E-state index contributed by atoms with van der Waals surface area (Å²) in [6, 6.07) is 4.47. The van der Waals surface area contributed by atoms with Crippen LogP contribution in [0.2, 0.25) is 10.0 Å². The van der Waals surface area contributed by atoms with Crippen LogP contribution in [-0.4, -0.2) is 20.2 Å². The van der Waals surface area contributed by atoms with E-state index in [4.69, 9.17) is 28.9 Å². The summed E-state index contributed by atoms with van der Waals surface area (Å²) in [6.07, 6.45) is 2.21. The van der Waals surface area contributed by atoms with Crippen LogP contribution in [0.25, 0.3) is 0 Å². The number of hydrogen-bond acceptors (Lipinski definition) is 3.